The number of alkyl carbamates (subject to hydrolysis) is 1. The van der Waals surface area contributed by atoms with Gasteiger partial charge in [-0.2, -0.15) is 0 Å². The smallest absolute Gasteiger partial charge is 0.407 e. The topological polar surface area (TPSA) is 84.9 Å². The molecule has 6 nitrogen and oxygen atoms in total. The predicted octanol–water partition coefficient (Wildman–Crippen LogP) is 9.68. The number of hydrogen-bond acceptors (Lipinski definition) is 4. The Hall–Kier alpha value is 26.2. The summed E-state index contributed by atoms with van der Waals surface area (Å²) in [6.45, 7) is 16.2. The maximum atomic E-state index is 12.4. The molecule has 0 aliphatic heterocycles. The molecule has 315 valence electrons. The Morgan fingerprint density at radius 1 is 0.701 bits per heavy atom. The first-order chi connectivity index (χ1) is 19.9. The number of allylic oxidation sites excluding steroid dienone is 4. The SMILES string of the molecule is C=C1CC[C@H](OC(=O)NCCCCCCOP(C)(=O)O)C/C1=C/C=C1\CCC[C@]2(C)[C@@H]([C@H](C)CCCC(C)C)CC[C@@H]12.[Y].[Y].[Y].[Y].[Y].[Y].[Y].[Y].[Y].[Y].[Y].[Y].[Y].[Y].[Y].[Y].[Y].[Y].[Y].[Y].[Y].[Y].[Y].[Y].[Y]. The van der Waals surface area contributed by atoms with Crippen molar-refractivity contribution in [3.05, 3.63) is 35.5 Å². The second-order valence-corrected chi connectivity index (χ2v) is 16.0. The molecule has 6 atom stereocenters. The van der Waals surface area contributed by atoms with Crippen molar-refractivity contribution in [3.63, 3.8) is 0 Å². The molecule has 3 aliphatic carbocycles. The molecular formula is C35H60NO5PY25. The van der Waals surface area contributed by atoms with Crippen molar-refractivity contribution in [1.82, 2.24) is 5.32 Å². The monoisotopic (exact) mass is 2830 g/mol. The molecule has 1 unspecified atom stereocenters. The summed E-state index contributed by atoms with van der Waals surface area (Å²) in [6.07, 6.45) is 20.7. The van der Waals surface area contributed by atoms with Crippen molar-refractivity contribution in [2.75, 3.05) is 19.8 Å². The molecule has 3 saturated carbocycles. The molecule has 67 heavy (non-hydrogen) atoms. The van der Waals surface area contributed by atoms with Crippen molar-refractivity contribution in [3.8, 4) is 0 Å². The zero-order valence-corrected chi connectivity index (χ0v) is 114. The molecule has 3 rings (SSSR count). The minimum absolute atomic E-state index is 0. The van der Waals surface area contributed by atoms with Gasteiger partial charge in [0.05, 0.1) is 6.61 Å². The van der Waals surface area contributed by atoms with Crippen LogP contribution in [0.2, 0.25) is 0 Å². The number of unbranched alkanes of at least 4 members (excludes halogenated alkanes) is 3. The van der Waals surface area contributed by atoms with E-state index in [1.165, 1.54) is 69.2 Å². The van der Waals surface area contributed by atoms with E-state index in [4.69, 9.17) is 14.2 Å². The van der Waals surface area contributed by atoms with Gasteiger partial charge in [-0.1, -0.05) is 89.7 Å². The maximum absolute atomic E-state index is 12.4. The third-order valence-electron chi connectivity index (χ3n) is 10.3. The van der Waals surface area contributed by atoms with Crippen molar-refractivity contribution in [1.29, 1.82) is 0 Å². The summed E-state index contributed by atoms with van der Waals surface area (Å²) in [6, 6.07) is 0. The van der Waals surface area contributed by atoms with Crippen LogP contribution in [0.25, 0.3) is 0 Å². The molecule has 0 bridgehead atoms. The van der Waals surface area contributed by atoms with E-state index in [-0.39, 0.29) is 837 Å². The van der Waals surface area contributed by atoms with E-state index >= 15 is 0 Å². The largest absolute Gasteiger partial charge is 0.446 e. The van der Waals surface area contributed by atoms with Gasteiger partial charge in [0.1, 0.15) is 6.10 Å². The fourth-order valence-corrected chi connectivity index (χ4v) is 8.41. The molecule has 0 aromatic rings. The van der Waals surface area contributed by atoms with Gasteiger partial charge in [0.25, 0.3) is 0 Å². The zero-order chi connectivity index (χ0) is 30.8. The molecule has 2 N–H and O–H groups in total. The van der Waals surface area contributed by atoms with Crippen LogP contribution in [0.1, 0.15) is 124 Å². The average Bonchev–Trinajstić information content (AvgIpc) is 3.27. The first-order valence-corrected chi connectivity index (χ1v) is 18.9. The Morgan fingerprint density at radius 3 is 1.64 bits per heavy atom. The van der Waals surface area contributed by atoms with E-state index in [0.29, 0.717) is 17.9 Å². The molecule has 0 heterocycles. The van der Waals surface area contributed by atoms with Crippen molar-refractivity contribution in [2.45, 2.75) is 130 Å². The summed E-state index contributed by atoms with van der Waals surface area (Å²) in [7, 11) is -3.38. The van der Waals surface area contributed by atoms with Crippen LogP contribution in [0.4, 0.5) is 4.79 Å². The second-order valence-electron chi connectivity index (χ2n) is 14.2. The normalized spacial score (nSPS) is 19.0. The number of nitrogens with one attached hydrogen (secondary N) is 1. The first-order valence-electron chi connectivity index (χ1n) is 16.9. The van der Waals surface area contributed by atoms with Gasteiger partial charge in [-0.3, -0.25) is 4.57 Å². The summed E-state index contributed by atoms with van der Waals surface area (Å²) in [5, 5.41) is 2.88. The number of carbonyl (C=O) groups is 1. The molecule has 0 aromatic carbocycles. The summed E-state index contributed by atoms with van der Waals surface area (Å²) in [4.78, 5) is 21.6. The third kappa shape index (κ3) is 77.8. The molecule has 0 saturated heterocycles. The van der Waals surface area contributed by atoms with Gasteiger partial charge >= 0.3 is 13.7 Å². The van der Waals surface area contributed by atoms with Crippen molar-refractivity contribution in [2.24, 2.45) is 29.1 Å². The number of amides is 1. The van der Waals surface area contributed by atoms with Crippen LogP contribution in [-0.2, 0) is 832 Å². The number of rotatable bonds is 15. The van der Waals surface area contributed by atoms with Crippen LogP contribution in [0, 0.1) is 29.1 Å². The first kappa shape index (κ1) is 161. The summed E-state index contributed by atoms with van der Waals surface area (Å²) < 4.78 is 21.8. The number of carbonyl (C=O) groups excluding carboxylic acids is 1. The van der Waals surface area contributed by atoms with Crippen LogP contribution >= 0.6 is 7.60 Å². The van der Waals surface area contributed by atoms with Crippen LogP contribution in [0.3, 0.4) is 0 Å². The summed E-state index contributed by atoms with van der Waals surface area (Å²) in [5.41, 5.74) is 4.48. The Labute approximate surface area is 1040 Å². The number of hydrogen-bond donors (Lipinski definition) is 2. The van der Waals surface area contributed by atoms with Gasteiger partial charge in [-0.25, -0.2) is 4.79 Å². The van der Waals surface area contributed by atoms with E-state index in [0.717, 1.165) is 62.7 Å². The molecular weight excluding hydrogens is 2770 g/mol. The van der Waals surface area contributed by atoms with Crippen molar-refractivity contribution < 1.29 is 841 Å². The van der Waals surface area contributed by atoms with Gasteiger partial charge in [0.2, 0.25) is 0 Å². The molecule has 0 spiro atoms. The predicted molar refractivity (Wildman–Crippen MR) is 174 cm³/mol. The second kappa shape index (κ2) is 101. The van der Waals surface area contributed by atoms with Gasteiger partial charge < -0.3 is 19.5 Å². The molecule has 32 heteroatoms. The molecule has 1 amide bonds. The molecule has 3 fully saturated rings. The van der Waals surface area contributed by atoms with Gasteiger partial charge in [-0.15, -0.1) is 0 Å². The zero-order valence-electron chi connectivity index (χ0n) is 41.7. The maximum Gasteiger partial charge on any atom is 0.407 e. The van der Waals surface area contributed by atoms with E-state index in [2.05, 4.69) is 51.7 Å². The van der Waals surface area contributed by atoms with E-state index in [9.17, 15) is 9.36 Å². The number of fused-ring (bicyclic) bond motifs is 1. The molecule has 25 radical (unpaired) electrons. The Kier molecular flexibility index (Phi) is 242. The van der Waals surface area contributed by atoms with E-state index in [1.807, 2.05) is 0 Å². The number of ether oxygens (including phenoxy) is 1. The van der Waals surface area contributed by atoms with Gasteiger partial charge in [0, 0.05) is 837 Å². The summed E-state index contributed by atoms with van der Waals surface area (Å²) in [5.74, 6) is 3.15. The Balaban J connectivity index is -0.0000000369. The summed E-state index contributed by atoms with van der Waals surface area (Å²) >= 11 is 0. The Morgan fingerprint density at radius 2 is 1.18 bits per heavy atom. The van der Waals surface area contributed by atoms with Gasteiger partial charge in [0.15, 0.2) is 0 Å². The fraction of sp³-hybridized carbons (Fsp3) is 0.800. The quantitative estimate of drug-likeness (QED) is 0.126. The standard InChI is InChI=1S/C35H60NO5P.25Y/c1-26(2)13-11-14-28(4)32-20-21-33-29(15-12-22-35(32,33)5)17-18-30-25-31(19-16-27(30)3)41-34(37)36-23-9-7-8-10-24-40-42(6,38)39;;;;;;;;;;;;;;;;;;;;;;;;;/h17-18,26,28,31-33H,3,7-16,19-25H2,1-2,4-6H3,(H,36,37)(H,38,39);;;;;;;;;;;;;;;;;;;;;;;;;/b29-17+,30-18-;;;;;;;;;;;;;;;;;;;;;;;;;/t28-,31+,32-,33+,35-;;;;;;;;;;;;;;;;;;;;;;;;;/m1........................./s1. The average molecular weight is 2830 g/mol. The third-order valence-corrected chi connectivity index (χ3v) is 10.9. The van der Waals surface area contributed by atoms with Crippen LogP contribution < -0.4 is 5.32 Å². The van der Waals surface area contributed by atoms with Crippen molar-refractivity contribution >= 4 is 13.7 Å². The van der Waals surface area contributed by atoms with Crippen LogP contribution in [0.5, 0.6) is 0 Å². The Bertz CT molecular complexity index is 1060. The minimum Gasteiger partial charge on any atom is -0.446 e. The minimum atomic E-state index is -3.38. The molecule has 3 aliphatic rings. The van der Waals surface area contributed by atoms with Crippen LogP contribution in [-0.4, -0.2) is 36.9 Å². The van der Waals surface area contributed by atoms with E-state index in [1.54, 1.807) is 5.57 Å². The molecule has 0 aromatic heterocycles. The van der Waals surface area contributed by atoms with E-state index < -0.39 is 7.60 Å². The van der Waals surface area contributed by atoms with Crippen LogP contribution in [0.15, 0.2) is 35.5 Å². The fourth-order valence-electron chi connectivity index (χ4n) is 7.94. The van der Waals surface area contributed by atoms with Gasteiger partial charge in [-0.05, 0) is 92.4 Å².